The number of aromatic nitrogens is 2. The van der Waals surface area contributed by atoms with Gasteiger partial charge in [-0.25, -0.2) is 4.98 Å². The third-order valence-electron chi connectivity index (χ3n) is 6.02. The van der Waals surface area contributed by atoms with E-state index < -0.39 is 23.5 Å². The molecule has 3 heterocycles. The van der Waals surface area contributed by atoms with Gasteiger partial charge < -0.3 is 14.7 Å². The van der Waals surface area contributed by atoms with Gasteiger partial charge in [0.25, 0.3) is 5.91 Å². The Morgan fingerprint density at radius 2 is 1.72 bits per heavy atom. The molecule has 5 rings (SSSR count). The summed E-state index contributed by atoms with van der Waals surface area (Å²) in [6.07, 6.45) is 6.70. The molecular weight excluding hydrogens is 454 g/mol. The summed E-state index contributed by atoms with van der Waals surface area (Å²) in [5.74, 6) is -1.39. The van der Waals surface area contributed by atoms with E-state index in [1.54, 1.807) is 61.2 Å². The number of pyridine rings is 2. The Bertz CT molecular complexity index is 1390. The first-order valence-electron chi connectivity index (χ1n) is 11.5. The van der Waals surface area contributed by atoms with Crippen molar-refractivity contribution in [2.24, 2.45) is 0 Å². The lowest BCUT2D eigenvalue weighted by molar-refractivity contribution is -0.378. The monoisotopic (exact) mass is 477 g/mol. The Balaban J connectivity index is 1.47. The van der Waals surface area contributed by atoms with Gasteiger partial charge in [0, 0.05) is 29.6 Å². The van der Waals surface area contributed by atoms with Crippen molar-refractivity contribution >= 4 is 17.4 Å². The summed E-state index contributed by atoms with van der Waals surface area (Å²) < 4.78 is 5.81. The molecule has 1 unspecified atom stereocenters. The third kappa shape index (κ3) is 4.72. The first kappa shape index (κ1) is 23.0. The lowest BCUT2D eigenvalue weighted by Crippen LogP contribution is -2.29. The molecule has 0 aliphatic carbocycles. The second-order valence-corrected chi connectivity index (χ2v) is 8.40. The summed E-state index contributed by atoms with van der Waals surface area (Å²) in [7, 11) is 0. The number of nitrogens with zero attached hydrogens (tertiary/aromatic N) is 2. The smallest absolute Gasteiger partial charge is 0.295 e. The molecule has 1 aliphatic heterocycles. The number of hydrogen-bond donors (Lipinski definition) is 0. The van der Waals surface area contributed by atoms with Crippen LogP contribution >= 0.6 is 0 Å². The van der Waals surface area contributed by atoms with Gasteiger partial charge in [-0.05, 0) is 41.0 Å². The van der Waals surface area contributed by atoms with Crippen LogP contribution in [0.25, 0.3) is 5.76 Å². The van der Waals surface area contributed by atoms with Gasteiger partial charge in [-0.15, -0.1) is 0 Å². The van der Waals surface area contributed by atoms with Crippen molar-refractivity contribution in [2.75, 3.05) is 0 Å². The van der Waals surface area contributed by atoms with Crippen LogP contribution in [0.4, 0.5) is 0 Å². The number of benzene rings is 2. The van der Waals surface area contributed by atoms with Gasteiger partial charge in [0.15, 0.2) is 12.4 Å². The van der Waals surface area contributed by atoms with E-state index in [0.717, 1.165) is 11.1 Å². The number of amides is 1. The number of hydrogen-bond acceptors (Lipinski definition) is 5. The average Bonchev–Trinajstić information content (AvgIpc) is 3.18. The Hall–Kier alpha value is -4.78. The minimum atomic E-state index is -0.833. The molecule has 1 fully saturated rings. The van der Waals surface area contributed by atoms with E-state index in [2.05, 4.69) is 9.97 Å². The molecule has 0 radical (unpaired) electrons. The molecule has 36 heavy (non-hydrogen) atoms. The molecule has 1 N–H and O–H groups in total. The van der Waals surface area contributed by atoms with Crippen LogP contribution in [-0.2, 0) is 22.7 Å². The van der Waals surface area contributed by atoms with E-state index in [-0.39, 0.29) is 12.1 Å². The summed E-state index contributed by atoms with van der Waals surface area (Å²) in [4.78, 5) is 34.7. The minimum absolute atomic E-state index is 0.0779. The molecule has 7 heteroatoms. The summed E-state index contributed by atoms with van der Waals surface area (Å²) in [5.41, 5.74) is 2.66. The summed E-state index contributed by atoms with van der Waals surface area (Å²) in [5, 5.41) is 13.6. The standard InChI is InChI=1S/C29H23N3O4/c33-27(22-10-12-24(13-11-22)36-19-20-6-2-1-3-7-20)25-26(23-9-5-15-31-17-23)32(29(35)28(25)34)18-21-8-4-14-30-16-21/h1-17,26,33H,18-19H2/b27-25+. The highest BCUT2D eigenvalue weighted by Crippen LogP contribution is 2.39. The predicted molar refractivity (Wildman–Crippen MR) is 130 cm³/mol. The van der Waals surface area contributed by atoms with Crippen molar-refractivity contribution in [1.82, 2.24) is 9.88 Å². The maximum Gasteiger partial charge on any atom is 0.295 e. The fourth-order valence-electron chi connectivity index (χ4n) is 4.24. The quantitative estimate of drug-likeness (QED) is 0.232. The molecule has 1 saturated heterocycles. The van der Waals surface area contributed by atoms with Gasteiger partial charge in [0.05, 0.1) is 12.6 Å². The highest BCUT2D eigenvalue weighted by atomic mass is 16.5. The van der Waals surface area contributed by atoms with Crippen LogP contribution in [0.2, 0.25) is 0 Å². The predicted octanol–water partition coefficient (Wildman–Crippen LogP) is 2.90. The van der Waals surface area contributed by atoms with Crippen LogP contribution in [0.3, 0.4) is 0 Å². The van der Waals surface area contributed by atoms with Crippen molar-refractivity contribution in [2.45, 2.75) is 19.2 Å². The molecule has 0 spiro atoms. The molecule has 1 atom stereocenters. The number of rotatable bonds is 7. The lowest BCUT2D eigenvalue weighted by Gasteiger charge is -2.27. The van der Waals surface area contributed by atoms with E-state index in [1.165, 1.54) is 4.90 Å². The number of ether oxygens (including phenoxy) is 1. The van der Waals surface area contributed by atoms with Crippen molar-refractivity contribution < 1.29 is 24.4 Å². The average molecular weight is 478 g/mol. The number of Topliss-reactive ketones (excluding diaryl/α,β-unsaturated/α-hetero) is 1. The Kier molecular flexibility index (Phi) is 6.53. The van der Waals surface area contributed by atoms with E-state index in [0.29, 0.717) is 23.5 Å². The van der Waals surface area contributed by atoms with Gasteiger partial charge in [-0.3, -0.25) is 14.6 Å². The zero-order valence-electron chi connectivity index (χ0n) is 19.3. The first-order chi connectivity index (χ1) is 17.6. The molecule has 4 aromatic rings. The molecule has 1 amide bonds. The van der Waals surface area contributed by atoms with E-state index in [9.17, 15) is 14.7 Å². The van der Waals surface area contributed by atoms with Crippen molar-refractivity contribution in [3.8, 4) is 5.75 Å². The number of aromatic amines is 1. The van der Waals surface area contributed by atoms with Crippen LogP contribution in [0.1, 0.15) is 28.3 Å². The third-order valence-corrected chi connectivity index (χ3v) is 6.02. The second-order valence-electron chi connectivity index (χ2n) is 8.40. The van der Waals surface area contributed by atoms with Crippen LogP contribution in [0.15, 0.2) is 109 Å². The van der Waals surface area contributed by atoms with E-state index in [1.807, 2.05) is 42.5 Å². The molecule has 7 nitrogen and oxygen atoms in total. The molecule has 178 valence electrons. The normalized spacial score (nSPS) is 16.8. The van der Waals surface area contributed by atoms with Crippen LogP contribution < -0.4 is 14.8 Å². The fourth-order valence-corrected chi connectivity index (χ4v) is 4.24. The first-order valence-corrected chi connectivity index (χ1v) is 11.5. The number of likely N-dealkylation sites (tertiary alicyclic amines) is 1. The zero-order valence-corrected chi connectivity index (χ0v) is 19.3. The number of H-pyrrole nitrogens is 1. The fraction of sp³-hybridized carbons (Fsp3) is 0.103. The Morgan fingerprint density at radius 1 is 0.944 bits per heavy atom. The largest absolute Gasteiger partial charge is 0.872 e. The van der Waals surface area contributed by atoms with Gasteiger partial charge in [0.1, 0.15) is 12.4 Å². The Labute approximate surface area is 208 Å². The van der Waals surface area contributed by atoms with Gasteiger partial charge in [-0.2, -0.15) is 0 Å². The molecule has 0 saturated carbocycles. The molecule has 0 bridgehead atoms. The molecule has 2 aromatic heterocycles. The van der Waals surface area contributed by atoms with Gasteiger partial charge >= 0.3 is 0 Å². The molecular formula is C29H23N3O4. The number of nitrogens with one attached hydrogen (secondary N) is 1. The Morgan fingerprint density at radius 3 is 2.42 bits per heavy atom. The number of carbonyl (C=O) groups is 2. The number of carbonyl (C=O) groups excluding carboxylic acids is 2. The van der Waals surface area contributed by atoms with Crippen molar-refractivity contribution in [3.63, 3.8) is 0 Å². The van der Waals surface area contributed by atoms with Crippen LogP contribution in [0, 0.1) is 0 Å². The SMILES string of the molecule is O=C1C(=O)N(Cc2ccc[nH+]c2)C(c2cccnc2)/C1=C(\[O-])c1ccc(OCc2ccccc2)cc1. The topological polar surface area (TPSA) is 96.7 Å². The highest BCUT2D eigenvalue weighted by Gasteiger charge is 2.44. The lowest BCUT2D eigenvalue weighted by atomic mass is 9.96. The zero-order chi connectivity index (χ0) is 24.9. The van der Waals surface area contributed by atoms with E-state index in [4.69, 9.17) is 4.74 Å². The van der Waals surface area contributed by atoms with Gasteiger partial charge in [0.2, 0.25) is 5.78 Å². The number of ketones is 1. The van der Waals surface area contributed by atoms with Crippen LogP contribution in [-0.4, -0.2) is 21.6 Å². The van der Waals surface area contributed by atoms with Crippen molar-refractivity contribution in [1.29, 1.82) is 0 Å². The molecule has 1 aliphatic rings. The summed E-state index contributed by atoms with van der Waals surface area (Å²) in [6.45, 7) is 0.567. The summed E-state index contributed by atoms with van der Waals surface area (Å²) >= 11 is 0. The second kappa shape index (κ2) is 10.2. The maximum atomic E-state index is 13.6. The summed E-state index contributed by atoms with van der Waals surface area (Å²) in [6, 6.07) is 22.7. The maximum absolute atomic E-state index is 13.6. The highest BCUT2D eigenvalue weighted by molar-refractivity contribution is 6.46. The van der Waals surface area contributed by atoms with Crippen molar-refractivity contribution in [3.05, 3.63) is 131 Å². The van der Waals surface area contributed by atoms with Gasteiger partial charge in [-0.1, -0.05) is 54.3 Å². The molecule has 2 aromatic carbocycles. The van der Waals surface area contributed by atoms with E-state index >= 15 is 0 Å². The van der Waals surface area contributed by atoms with Crippen LogP contribution in [0.5, 0.6) is 5.75 Å². The minimum Gasteiger partial charge on any atom is -0.872 e.